The van der Waals surface area contributed by atoms with E-state index in [1.54, 1.807) is 25.3 Å². The van der Waals surface area contributed by atoms with Crippen molar-refractivity contribution in [1.82, 2.24) is 10.2 Å². The molecule has 2 rings (SSSR count). The molecule has 1 heterocycles. The van der Waals surface area contributed by atoms with Crippen molar-refractivity contribution < 1.29 is 14.3 Å². The molecule has 1 fully saturated rings. The van der Waals surface area contributed by atoms with Gasteiger partial charge in [0, 0.05) is 31.4 Å². The fraction of sp³-hybridized carbons (Fsp3) is 0.533. The molecule has 1 aromatic rings. The van der Waals surface area contributed by atoms with Crippen LogP contribution in [0.15, 0.2) is 18.2 Å². The second kappa shape index (κ2) is 7.28. The summed E-state index contributed by atoms with van der Waals surface area (Å²) in [5.41, 5.74) is 6.75. The van der Waals surface area contributed by atoms with E-state index in [0.717, 1.165) is 32.8 Å². The molecule has 1 aromatic carbocycles. The van der Waals surface area contributed by atoms with E-state index in [1.165, 1.54) is 0 Å². The van der Waals surface area contributed by atoms with Gasteiger partial charge in [-0.05, 0) is 25.1 Å². The zero-order chi connectivity index (χ0) is 15.2. The molecule has 0 spiro atoms. The number of methoxy groups -OCH3 is 1. The first kappa shape index (κ1) is 15.6. The molecule has 3 N–H and O–H groups in total. The molecule has 0 aromatic heterocycles. The Hall–Kier alpha value is -1.79. The number of nitrogens with one attached hydrogen (secondary N) is 1. The number of nitrogens with two attached hydrogens (primary N) is 1. The predicted molar refractivity (Wildman–Crippen MR) is 81.6 cm³/mol. The van der Waals surface area contributed by atoms with E-state index in [0.29, 0.717) is 17.0 Å². The lowest BCUT2D eigenvalue weighted by Gasteiger charge is -2.29. The minimum absolute atomic E-state index is 0.0433. The van der Waals surface area contributed by atoms with Crippen molar-refractivity contribution in [3.63, 3.8) is 0 Å². The van der Waals surface area contributed by atoms with Crippen molar-refractivity contribution in [3.05, 3.63) is 23.8 Å². The van der Waals surface area contributed by atoms with Crippen LogP contribution in [0.25, 0.3) is 0 Å². The summed E-state index contributed by atoms with van der Waals surface area (Å²) < 4.78 is 10.5. The van der Waals surface area contributed by atoms with Crippen molar-refractivity contribution in [2.24, 2.45) is 0 Å². The zero-order valence-electron chi connectivity index (χ0n) is 12.6. The smallest absolute Gasteiger partial charge is 0.255 e. The molecule has 1 saturated heterocycles. The number of carbonyl (C=O) groups excluding carboxylic acids is 1. The standard InChI is InChI=1S/C15H23N3O3/c1-11(10-18-5-7-21-8-6-18)17-15(19)13-9-12(16)3-4-14(13)20-2/h3-4,9,11H,5-8,10,16H2,1-2H3,(H,17,19). The second-order valence-electron chi connectivity index (χ2n) is 5.25. The van der Waals surface area contributed by atoms with Gasteiger partial charge in [0.2, 0.25) is 0 Å². The van der Waals surface area contributed by atoms with Crippen LogP contribution in [0.3, 0.4) is 0 Å². The molecule has 1 aliphatic rings. The van der Waals surface area contributed by atoms with Gasteiger partial charge < -0.3 is 20.5 Å². The van der Waals surface area contributed by atoms with Crippen molar-refractivity contribution >= 4 is 11.6 Å². The van der Waals surface area contributed by atoms with Crippen LogP contribution >= 0.6 is 0 Å². The van der Waals surface area contributed by atoms with Gasteiger partial charge in [0.15, 0.2) is 0 Å². The minimum atomic E-state index is -0.167. The lowest BCUT2D eigenvalue weighted by molar-refractivity contribution is 0.0342. The number of ether oxygens (including phenoxy) is 2. The van der Waals surface area contributed by atoms with E-state index < -0.39 is 0 Å². The van der Waals surface area contributed by atoms with Crippen LogP contribution in [-0.4, -0.2) is 56.8 Å². The van der Waals surface area contributed by atoms with Crippen LogP contribution in [0.1, 0.15) is 17.3 Å². The number of hydrogen-bond acceptors (Lipinski definition) is 5. The molecule has 1 unspecified atom stereocenters. The molecule has 1 atom stereocenters. The van der Waals surface area contributed by atoms with Gasteiger partial charge in [-0.2, -0.15) is 0 Å². The first-order valence-corrected chi connectivity index (χ1v) is 7.14. The van der Waals surface area contributed by atoms with Gasteiger partial charge in [0.25, 0.3) is 5.91 Å². The summed E-state index contributed by atoms with van der Waals surface area (Å²) >= 11 is 0. The van der Waals surface area contributed by atoms with Crippen molar-refractivity contribution in [2.45, 2.75) is 13.0 Å². The fourth-order valence-electron chi connectivity index (χ4n) is 2.42. The number of anilines is 1. The fourth-order valence-corrected chi connectivity index (χ4v) is 2.42. The number of rotatable bonds is 5. The number of hydrogen-bond donors (Lipinski definition) is 2. The second-order valence-corrected chi connectivity index (χ2v) is 5.25. The summed E-state index contributed by atoms with van der Waals surface area (Å²) in [6, 6.07) is 5.10. The highest BCUT2D eigenvalue weighted by molar-refractivity contribution is 5.98. The average Bonchev–Trinajstić information content (AvgIpc) is 2.48. The Morgan fingerprint density at radius 3 is 2.86 bits per heavy atom. The van der Waals surface area contributed by atoms with Crippen molar-refractivity contribution in [1.29, 1.82) is 0 Å². The third-order valence-electron chi connectivity index (χ3n) is 3.48. The highest BCUT2D eigenvalue weighted by atomic mass is 16.5. The summed E-state index contributed by atoms with van der Waals surface area (Å²) in [7, 11) is 1.54. The van der Waals surface area contributed by atoms with Gasteiger partial charge in [-0.1, -0.05) is 0 Å². The third kappa shape index (κ3) is 4.34. The first-order valence-electron chi connectivity index (χ1n) is 7.14. The summed E-state index contributed by atoms with van der Waals surface area (Å²) in [5.74, 6) is 0.361. The molecule has 21 heavy (non-hydrogen) atoms. The van der Waals surface area contributed by atoms with E-state index in [9.17, 15) is 4.79 Å². The van der Waals surface area contributed by atoms with Gasteiger partial charge in [0.1, 0.15) is 5.75 Å². The lowest BCUT2D eigenvalue weighted by atomic mass is 10.1. The Bertz CT molecular complexity index is 487. The molecular formula is C15H23N3O3. The average molecular weight is 293 g/mol. The molecule has 0 saturated carbocycles. The summed E-state index contributed by atoms with van der Waals surface area (Å²) in [6.07, 6.45) is 0. The molecule has 116 valence electrons. The third-order valence-corrected chi connectivity index (χ3v) is 3.48. The van der Waals surface area contributed by atoms with Gasteiger partial charge in [0.05, 0.1) is 25.9 Å². The quantitative estimate of drug-likeness (QED) is 0.783. The maximum atomic E-state index is 12.3. The number of nitrogens with zero attached hydrogens (tertiary/aromatic N) is 1. The number of amides is 1. The van der Waals surface area contributed by atoms with Crippen LogP contribution in [0.2, 0.25) is 0 Å². The van der Waals surface area contributed by atoms with E-state index in [2.05, 4.69) is 10.2 Å². The van der Waals surface area contributed by atoms with E-state index >= 15 is 0 Å². The summed E-state index contributed by atoms with van der Waals surface area (Å²) in [5, 5.41) is 2.99. The molecule has 6 heteroatoms. The van der Waals surface area contributed by atoms with Gasteiger partial charge in [-0.3, -0.25) is 9.69 Å². The molecule has 1 amide bonds. The van der Waals surface area contributed by atoms with Crippen LogP contribution < -0.4 is 15.8 Å². The monoisotopic (exact) mass is 293 g/mol. The summed E-state index contributed by atoms with van der Waals surface area (Å²) in [6.45, 7) is 6.11. The van der Waals surface area contributed by atoms with Gasteiger partial charge >= 0.3 is 0 Å². The van der Waals surface area contributed by atoms with Crippen LogP contribution in [-0.2, 0) is 4.74 Å². The molecule has 0 bridgehead atoms. The molecule has 6 nitrogen and oxygen atoms in total. The normalized spacial score (nSPS) is 17.2. The largest absolute Gasteiger partial charge is 0.496 e. The minimum Gasteiger partial charge on any atom is -0.496 e. The Balaban J connectivity index is 1.95. The summed E-state index contributed by atoms with van der Waals surface area (Å²) in [4.78, 5) is 14.6. The Labute approximate surface area is 125 Å². The van der Waals surface area contributed by atoms with Crippen LogP contribution in [0, 0.1) is 0 Å². The van der Waals surface area contributed by atoms with E-state index in [1.807, 2.05) is 6.92 Å². The highest BCUT2D eigenvalue weighted by Gasteiger charge is 2.18. The van der Waals surface area contributed by atoms with Crippen LogP contribution in [0.4, 0.5) is 5.69 Å². The van der Waals surface area contributed by atoms with Crippen molar-refractivity contribution in [2.75, 3.05) is 45.7 Å². The number of benzene rings is 1. The molecular weight excluding hydrogens is 270 g/mol. The van der Waals surface area contributed by atoms with Crippen LogP contribution in [0.5, 0.6) is 5.75 Å². The molecule has 1 aliphatic heterocycles. The molecule has 0 aliphatic carbocycles. The Morgan fingerprint density at radius 1 is 1.48 bits per heavy atom. The number of nitrogen functional groups attached to an aromatic ring is 1. The van der Waals surface area contributed by atoms with Gasteiger partial charge in [-0.15, -0.1) is 0 Å². The van der Waals surface area contributed by atoms with Gasteiger partial charge in [-0.25, -0.2) is 0 Å². The van der Waals surface area contributed by atoms with Crippen molar-refractivity contribution in [3.8, 4) is 5.75 Å². The maximum absolute atomic E-state index is 12.3. The Morgan fingerprint density at radius 2 is 2.19 bits per heavy atom. The maximum Gasteiger partial charge on any atom is 0.255 e. The molecule has 0 radical (unpaired) electrons. The predicted octanol–water partition coefficient (Wildman–Crippen LogP) is 0.728. The van der Waals surface area contributed by atoms with E-state index in [4.69, 9.17) is 15.2 Å². The Kier molecular flexibility index (Phi) is 5.41. The number of carbonyl (C=O) groups is 1. The highest BCUT2D eigenvalue weighted by Crippen LogP contribution is 2.21. The topological polar surface area (TPSA) is 76.8 Å². The first-order chi connectivity index (χ1) is 10.1. The lowest BCUT2D eigenvalue weighted by Crippen LogP contribution is -2.46. The van der Waals surface area contributed by atoms with E-state index in [-0.39, 0.29) is 11.9 Å². The number of morpholine rings is 1. The SMILES string of the molecule is COc1ccc(N)cc1C(=O)NC(C)CN1CCOCC1. The zero-order valence-corrected chi connectivity index (χ0v) is 12.6.